The molecular weight excluding hydrogens is 220 g/mol. The molecule has 4 nitrogen and oxygen atoms in total. The zero-order valence-electron chi connectivity index (χ0n) is 11.1. The predicted molar refractivity (Wildman–Crippen MR) is 70.8 cm³/mol. The maximum Gasteiger partial charge on any atom is 0.158 e. The van der Waals surface area contributed by atoms with Crippen molar-refractivity contribution in [3.8, 4) is 0 Å². The number of carbonyl (C=O) groups is 1. The van der Waals surface area contributed by atoms with Gasteiger partial charge in [0.1, 0.15) is 6.10 Å². The van der Waals surface area contributed by atoms with Crippen molar-refractivity contribution in [1.29, 1.82) is 0 Å². The highest BCUT2D eigenvalue weighted by Crippen LogP contribution is 2.04. The van der Waals surface area contributed by atoms with Gasteiger partial charge in [0.05, 0.1) is 12.2 Å². The van der Waals surface area contributed by atoms with Crippen molar-refractivity contribution < 1.29 is 20.1 Å². The Hall–Kier alpha value is -0.450. The van der Waals surface area contributed by atoms with Gasteiger partial charge in [0.15, 0.2) is 5.78 Å². The lowest BCUT2D eigenvalue weighted by atomic mass is 10.0. The predicted octanol–water partition coefficient (Wildman–Crippen LogP) is 1.61. The first-order valence-corrected chi connectivity index (χ1v) is 5.65. The SMILES string of the molecule is C.CC(=O)[C@@H](O)C(C)C.CC(C)[C@@H](O)[C@H](C)O. The summed E-state index contributed by atoms with van der Waals surface area (Å²) in [5.74, 6) is 0.0440. The number of Topliss-reactive ketones (excluding diaryl/α,β-unsaturated/α-hetero) is 1. The minimum atomic E-state index is -0.769. The Labute approximate surface area is 106 Å². The van der Waals surface area contributed by atoms with Gasteiger partial charge in [0.2, 0.25) is 0 Å². The molecule has 0 aliphatic rings. The summed E-state index contributed by atoms with van der Waals surface area (Å²) in [5, 5.41) is 26.5. The van der Waals surface area contributed by atoms with Crippen LogP contribution in [0.2, 0.25) is 0 Å². The van der Waals surface area contributed by atoms with Gasteiger partial charge in [0.25, 0.3) is 0 Å². The van der Waals surface area contributed by atoms with Crippen molar-refractivity contribution in [2.75, 3.05) is 0 Å². The Kier molecular flexibility index (Phi) is 13.7. The van der Waals surface area contributed by atoms with E-state index in [4.69, 9.17) is 15.3 Å². The number of carbonyl (C=O) groups excluding carboxylic acids is 1. The van der Waals surface area contributed by atoms with Gasteiger partial charge in [0, 0.05) is 0 Å². The smallest absolute Gasteiger partial charge is 0.158 e. The number of aliphatic hydroxyl groups is 3. The van der Waals surface area contributed by atoms with Crippen LogP contribution in [0.15, 0.2) is 0 Å². The molecule has 106 valence electrons. The lowest BCUT2D eigenvalue weighted by Gasteiger charge is -2.16. The van der Waals surface area contributed by atoms with Crippen LogP contribution in [0.25, 0.3) is 0 Å². The molecule has 0 aromatic rings. The molecule has 0 amide bonds. The van der Waals surface area contributed by atoms with Gasteiger partial charge in [-0.1, -0.05) is 35.1 Å². The number of hydrogen-bond acceptors (Lipinski definition) is 4. The third kappa shape index (κ3) is 11.8. The molecule has 0 aliphatic carbocycles. The molecule has 0 fully saturated rings. The normalized spacial score (nSPS) is 15.5. The number of aliphatic hydroxyl groups excluding tert-OH is 3. The van der Waals surface area contributed by atoms with Crippen LogP contribution in [0.1, 0.15) is 49.0 Å². The Bertz CT molecular complexity index is 180. The van der Waals surface area contributed by atoms with Crippen molar-refractivity contribution in [3.05, 3.63) is 0 Å². The van der Waals surface area contributed by atoms with Gasteiger partial charge in [-0.3, -0.25) is 4.79 Å². The van der Waals surface area contributed by atoms with Gasteiger partial charge in [-0.05, 0) is 25.7 Å². The highest BCUT2D eigenvalue weighted by Gasteiger charge is 2.14. The first-order chi connectivity index (χ1) is 7.11. The molecular formula is C13H30O4. The molecule has 0 unspecified atom stereocenters. The summed E-state index contributed by atoms with van der Waals surface area (Å²) in [5.41, 5.74) is 0. The van der Waals surface area contributed by atoms with Crippen molar-refractivity contribution in [3.63, 3.8) is 0 Å². The van der Waals surface area contributed by atoms with Crippen molar-refractivity contribution in [2.24, 2.45) is 11.8 Å². The van der Waals surface area contributed by atoms with E-state index >= 15 is 0 Å². The molecule has 0 rings (SSSR count). The summed E-state index contributed by atoms with van der Waals surface area (Å²) in [6, 6.07) is 0. The lowest BCUT2D eigenvalue weighted by Crippen LogP contribution is -2.27. The second kappa shape index (κ2) is 10.7. The summed E-state index contributed by atoms with van der Waals surface area (Å²) in [7, 11) is 0. The Morgan fingerprint density at radius 2 is 1.24 bits per heavy atom. The van der Waals surface area contributed by atoms with E-state index in [1.54, 1.807) is 6.92 Å². The standard InChI is InChI=1S/C6H14O2.C6H12O2.CH4/c2*1-4(2)6(8)5(3)7;/h4-8H,1-3H3;4,6,8H,1-3H3;1H4/t5-,6+;6-;/m00./s1. The average molecular weight is 250 g/mol. The topological polar surface area (TPSA) is 77.8 Å². The van der Waals surface area contributed by atoms with Gasteiger partial charge in [-0.15, -0.1) is 0 Å². The number of hydrogen-bond donors (Lipinski definition) is 3. The molecule has 0 radical (unpaired) electrons. The second-order valence-electron chi connectivity index (χ2n) is 4.77. The molecule has 0 saturated heterocycles. The lowest BCUT2D eigenvalue weighted by molar-refractivity contribution is -0.126. The Balaban J connectivity index is -0.000000218. The van der Waals surface area contributed by atoms with Crippen molar-refractivity contribution in [2.45, 2.75) is 67.3 Å². The second-order valence-corrected chi connectivity index (χ2v) is 4.77. The van der Waals surface area contributed by atoms with E-state index in [1.165, 1.54) is 6.92 Å². The molecule has 3 atom stereocenters. The number of rotatable bonds is 4. The van der Waals surface area contributed by atoms with Crippen LogP contribution in [-0.4, -0.2) is 39.4 Å². The quantitative estimate of drug-likeness (QED) is 0.708. The maximum atomic E-state index is 10.3. The van der Waals surface area contributed by atoms with E-state index in [0.717, 1.165) is 0 Å². The van der Waals surface area contributed by atoms with E-state index < -0.39 is 18.3 Å². The third-order valence-electron chi connectivity index (χ3n) is 2.23. The monoisotopic (exact) mass is 250 g/mol. The Morgan fingerprint density at radius 1 is 0.882 bits per heavy atom. The molecule has 17 heavy (non-hydrogen) atoms. The molecule has 4 heteroatoms. The van der Waals surface area contributed by atoms with Crippen molar-refractivity contribution >= 4 is 5.78 Å². The van der Waals surface area contributed by atoms with Crippen LogP contribution >= 0.6 is 0 Å². The molecule has 0 aromatic carbocycles. The average Bonchev–Trinajstić information content (AvgIpc) is 2.15. The molecule has 0 aliphatic heterocycles. The Morgan fingerprint density at radius 3 is 1.24 bits per heavy atom. The summed E-state index contributed by atoms with van der Waals surface area (Å²) < 4.78 is 0. The van der Waals surface area contributed by atoms with Crippen molar-refractivity contribution in [1.82, 2.24) is 0 Å². The van der Waals surface area contributed by atoms with E-state index in [0.29, 0.717) is 0 Å². The van der Waals surface area contributed by atoms with Crippen LogP contribution in [0.4, 0.5) is 0 Å². The molecule has 0 aromatic heterocycles. The highest BCUT2D eigenvalue weighted by molar-refractivity contribution is 5.80. The fourth-order valence-corrected chi connectivity index (χ4v) is 1.03. The van der Waals surface area contributed by atoms with E-state index in [1.807, 2.05) is 27.7 Å². The molecule has 0 saturated carbocycles. The molecule has 0 heterocycles. The van der Waals surface area contributed by atoms with Gasteiger partial charge < -0.3 is 15.3 Å². The highest BCUT2D eigenvalue weighted by atomic mass is 16.3. The zero-order chi connectivity index (χ0) is 13.5. The van der Waals surface area contributed by atoms with E-state index in [2.05, 4.69) is 0 Å². The van der Waals surface area contributed by atoms with Crippen LogP contribution in [-0.2, 0) is 4.79 Å². The summed E-state index contributed by atoms with van der Waals surface area (Å²) in [4.78, 5) is 10.3. The van der Waals surface area contributed by atoms with Crippen LogP contribution in [0.3, 0.4) is 0 Å². The van der Waals surface area contributed by atoms with Gasteiger partial charge in [-0.2, -0.15) is 0 Å². The maximum absolute atomic E-state index is 10.3. The summed E-state index contributed by atoms with van der Waals surface area (Å²) >= 11 is 0. The number of ketones is 1. The fourth-order valence-electron chi connectivity index (χ4n) is 1.03. The largest absolute Gasteiger partial charge is 0.391 e. The first-order valence-electron chi connectivity index (χ1n) is 5.65. The molecule has 3 N–H and O–H groups in total. The molecule has 0 bridgehead atoms. The minimum absolute atomic E-state index is 0. The fraction of sp³-hybridized carbons (Fsp3) is 0.923. The minimum Gasteiger partial charge on any atom is -0.391 e. The van der Waals surface area contributed by atoms with Crippen LogP contribution in [0.5, 0.6) is 0 Å². The van der Waals surface area contributed by atoms with E-state index in [-0.39, 0.29) is 25.0 Å². The van der Waals surface area contributed by atoms with Crippen LogP contribution in [0, 0.1) is 11.8 Å². The first kappa shape index (κ1) is 21.8. The molecule has 0 spiro atoms. The third-order valence-corrected chi connectivity index (χ3v) is 2.23. The van der Waals surface area contributed by atoms with E-state index in [9.17, 15) is 4.79 Å². The van der Waals surface area contributed by atoms with Crippen LogP contribution < -0.4 is 0 Å². The summed E-state index contributed by atoms with van der Waals surface area (Å²) in [6.07, 6.45) is -1.94. The van der Waals surface area contributed by atoms with Gasteiger partial charge >= 0.3 is 0 Å². The summed E-state index contributed by atoms with van der Waals surface area (Å²) in [6.45, 7) is 10.3. The van der Waals surface area contributed by atoms with Gasteiger partial charge in [-0.25, -0.2) is 0 Å². The zero-order valence-corrected chi connectivity index (χ0v) is 11.1.